The molecular weight excluding hydrogens is 480 g/mol. The molecule has 0 radical (unpaired) electrons. The molecule has 6 aromatic carbocycles. The van der Waals surface area contributed by atoms with Crippen LogP contribution in [0, 0.1) is 0 Å². The van der Waals surface area contributed by atoms with E-state index in [0.717, 1.165) is 26.4 Å². The predicted octanol–water partition coefficient (Wildman–Crippen LogP) is 9.99. The quantitative estimate of drug-likeness (QED) is 0.216. The van der Waals surface area contributed by atoms with Crippen LogP contribution < -0.4 is 0 Å². The Bertz CT molecular complexity index is 1800. The molecule has 0 aliphatic rings. The molecule has 0 spiro atoms. The highest BCUT2D eigenvalue weighted by Gasteiger charge is 2.14. The molecule has 0 atom stereocenters. The van der Waals surface area contributed by atoms with E-state index in [2.05, 4.69) is 119 Å². The lowest BCUT2D eigenvalue weighted by Crippen LogP contribution is -1.88. The molecule has 0 saturated heterocycles. The van der Waals surface area contributed by atoms with Crippen LogP contribution in [0.5, 0.6) is 0 Å². The van der Waals surface area contributed by atoms with Crippen LogP contribution >= 0.6 is 15.9 Å². The summed E-state index contributed by atoms with van der Waals surface area (Å²) < 4.78 is 7.16. The highest BCUT2D eigenvalue weighted by Crippen LogP contribution is 2.42. The molecule has 0 aliphatic heterocycles. The molecule has 34 heavy (non-hydrogen) atoms. The number of furan rings is 1. The third-order valence-corrected chi connectivity index (χ3v) is 7.60. The van der Waals surface area contributed by atoms with Crippen LogP contribution in [-0.4, -0.2) is 0 Å². The van der Waals surface area contributed by atoms with Crippen molar-refractivity contribution in [2.75, 3.05) is 0 Å². The van der Waals surface area contributed by atoms with Gasteiger partial charge in [0.25, 0.3) is 0 Å². The third kappa shape index (κ3) is 2.92. The summed E-state index contributed by atoms with van der Waals surface area (Å²) in [4.78, 5) is 0. The van der Waals surface area contributed by atoms with Crippen molar-refractivity contribution in [3.8, 4) is 22.3 Å². The van der Waals surface area contributed by atoms with Gasteiger partial charge in [-0.05, 0) is 77.9 Å². The zero-order valence-corrected chi connectivity index (χ0v) is 19.8. The molecule has 0 bridgehead atoms. The first-order valence-corrected chi connectivity index (χ1v) is 12.2. The van der Waals surface area contributed by atoms with Crippen LogP contribution in [0.3, 0.4) is 0 Å². The van der Waals surface area contributed by atoms with Gasteiger partial charge in [0.15, 0.2) is 0 Å². The van der Waals surface area contributed by atoms with Crippen LogP contribution in [0.25, 0.3) is 65.7 Å². The number of hydrogen-bond donors (Lipinski definition) is 0. The second kappa shape index (κ2) is 7.58. The van der Waals surface area contributed by atoms with Crippen LogP contribution in [0.15, 0.2) is 124 Å². The number of benzene rings is 6. The maximum absolute atomic E-state index is 6.01. The molecule has 0 amide bonds. The van der Waals surface area contributed by atoms with E-state index >= 15 is 0 Å². The van der Waals surface area contributed by atoms with Gasteiger partial charge in [0.05, 0.1) is 0 Å². The van der Waals surface area contributed by atoms with Gasteiger partial charge < -0.3 is 4.42 Å². The molecule has 160 valence electrons. The fourth-order valence-corrected chi connectivity index (χ4v) is 5.81. The zero-order valence-electron chi connectivity index (χ0n) is 18.3. The van der Waals surface area contributed by atoms with Crippen molar-refractivity contribution in [2.24, 2.45) is 0 Å². The summed E-state index contributed by atoms with van der Waals surface area (Å²) in [5.74, 6) is 0. The number of halogens is 1. The minimum absolute atomic E-state index is 0.925. The largest absolute Gasteiger partial charge is 0.456 e. The molecule has 1 nitrogen and oxygen atoms in total. The highest BCUT2D eigenvalue weighted by molar-refractivity contribution is 9.10. The monoisotopic (exact) mass is 498 g/mol. The molecule has 0 saturated carbocycles. The van der Waals surface area contributed by atoms with Crippen LogP contribution in [-0.2, 0) is 0 Å². The molecular formula is C32H19BrO. The molecule has 0 fully saturated rings. The second-order valence-corrected chi connectivity index (χ2v) is 9.46. The second-order valence-electron chi connectivity index (χ2n) is 8.67. The lowest BCUT2D eigenvalue weighted by Gasteiger charge is -2.15. The number of fused-ring (bicyclic) bond motifs is 5. The SMILES string of the molecule is Brc1c2ccccc2c(-c2ccc(-c3ccc4oc5ccccc5c4c3)cc2)c2ccccc12. The molecule has 0 N–H and O–H groups in total. The van der Waals surface area contributed by atoms with Gasteiger partial charge in [-0.25, -0.2) is 0 Å². The fraction of sp³-hybridized carbons (Fsp3) is 0. The van der Waals surface area contributed by atoms with Crippen molar-refractivity contribution in [2.45, 2.75) is 0 Å². The van der Waals surface area contributed by atoms with Gasteiger partial charge in [0, 0.05) is 15.2 Å². The van der Waals surface area contributed by atoms with Gasteiger partial charge in [-0.2, -0.15) is 0 Å². The highest BCUT2D eigenvalue weighted by atomic mass is 79.9. The van der Waals surface area contributed by atoms with Crippen molar-refractivity contribution >= 4 is 59.4 Å². The van der Waals surface area contributed by atoms with Crippen LogP contribution in [0.4, 0.5) is 0 Å². The zero-order chi connectivity index (χ0) is 22.6. The smallest absolute Gasteiger partial charge is 0.135 e. The van der Waals surface area contributed by atoms with E-state index < -0.39 is 0 Å². The average Bonchev–Trinajstić information content (AvgIpc) is 3.27. The first-order valence-electron chi connectivity index (χ1n) is 11.4. The predicted molar refractivity (Wildman–Crippen MR) is 147 cm³/mol. The van der Waals surface area contributed by atoms with Gasteiger partial charge in [-0.1, -0.05) is 97.1 Å². The number of hydrogen-bond acceptors (Lipinski definition) is 1. The van der Waals surface area contributed by atoms with Crippen LogP contribution in [0.1, 0.15) is 0 Å². The lowest BCUT2D eigenvalue weighted by molar-refractivity contribution is 0.669. The minimum Gasteiger partial charge on any atom is -0.456 e. The summed E-state index contributed by atoms with van der Waals surface area (Å²) in [6, 6.07) is 40.9. The van der Waals surface area contributed by atoms with Gasteiger partial charge in [0.1, 0.15) is 11.2 Å². The van der Waals surface area contributed by atoms with E-state index in [1.807, 2.05) is 12.1 Å². The average molecular weight is 499 g/mol. The summed E-state index contributed by atoms with van der Waals surface area (Å²) in [5.41, 5.74) is 6.74. The van der Waals surface area contributed by atoms with Gasteiger partial charge in [-0.3, -0.25) is 0 Å². The molecule has 1 heterocycles. The van der Waals surface area contributed by atoms with Crippen molar-refractivity contribution < 1.29 is 4.42 Å². The summed E-state index contributed by atoms with van der Waals surface area (Å²) in [5, 5.41) is 7.29. The number of rotatable bonds is 2. The topological polar surface area (TPSA) is 13.1 Å². The van der Waals surface area contributed by atoms with Gasteiger partial charge in [-0.15, -0.1) is 0 Å². The molecule has 0 unspecified atom stereocenters. The Labute approximate surface area is 205 Å². The Morgan fingerprint density at radius 1 is 0.412 bits per heavy atom. The standard InChI is InChI=1S/C32H19BrO/c33-32-26-10-3-1-8-24(26)31(25-9-2-4-11-27(25)32)21-15-13-20(14-16-21)22-17-18-30-28(19-22)23-7-5-6-12-29(23)34-30/h1-19H. The number of para-hydroxylation sites is 1. The lowest BCUT2D eigenvalue weighted by atomic mass is 9.91. The summed E-state index contributed by atoms with van der Waals surface area (Å²) in [7, 11) is 0. The maximum Gasteiger partial charge on any atom is 0.135 e. The van der Waals surface area contributed by atoms with E-state index in [1.165, 1.54) is 43.8 Å². The van der Waals surface area contributed by atoms with E-state index in [4.69, 9.17) is 4.42 Å². The first-order chi connectivity index (χ1) is 16.8. The third-order valence-electron chi connectivity index (χ3n) is 6.75. The minimum atomic E-state index is 0.925. The molecule has 7 rings (SSSR count). The normalized spacial score (nSPS) is 11.7. The van der Waals surface area contributed by atoms with E-state index in [0.29, 0.717) is 0 Å². The molecule has 1 aromatic heterocycles. The fourth-order valence-electron chi connectivity index (χ4n) is 5.12. The Kier molecular flexibility index (Phi) is 4.36. The summed E-state index contributed by atoms with van der Waals surface area (Å²) in [6.07, 6.45) is 0. The van der Waals surface area contributed by atoms with E-state index in [9.17, 15) is 0 Å². The van der Waals surface area contributed by atoms with Crippen LogP contribution in [0.2, 0.25) is 0 Å². The first kappa shape index (κ1) is 19.6. The van der Waals surface area contributed by atoms with Crippen molar-refractivity contribution in [3.05, 3.63) is 120 Å². The Hall–Kier alpha value is -3.88. The van der Waals surface area contributed by atoms with Gasteiger partial charge in [0.2, 0.25) is 0 Å². The van der Waals surface area contributed by atoms with Crippen molar-refractivity contribution in [1.29, 1.82) is 0 Å². The summed E-state index contributed by atoms with van der Waals surface area (Å²) >= 11 is 3.86. The maximum atomic E-state index is 6.01. The van der Waals surface area contributed by atoms with E-state index in [1.54, 1.807) is 0 Å². The molecule has 7 aromatic rings. The van der Waals surface area contributed by atoms with E-state index in [-0.39, 0.29) is 0 Å². The Balaban J connectivity index is 1.40. The molecule has 0 aliphatic carbocycles. The Morgan fingerprint density at radius 2 is 0.912 bits per heavy atom. The summed E-state index contributed by atoms with van der Waals surface area (Å²) in [6.45, 7) is 0. The Morgan fingerprint density at radius 3 is 1.59 bits per heavy atom. The molecule has 2 heteroatoms. The van der Waals surface area contributed by atoms with Crippen molar-refractivity contribution in [3.63, 3.8) is 0 Å². The van der Waals surface area contributed by atoms with Gasteiger partial charge >= 0.3 is 0 Å². The van der Waals surface area contributed by atoms with Crippen molar-refractivity contribution in [1.82, 2.24) is 0 Å².